The molecule has 0 aromatic carbocycles. The summed E-state index contributed by atoms with van der Waals surface area (Å²) >= 11 is 0. The first-order valence-corrected chi connectivity index (χ1v) is 3.99. The minimum Gasteiger partial charge on any atom is -0.465 e. The molecule has 0 aromatic rings. The van der Waals surface area contributed by atoms with E-state index in [1.807, 2.05) is 0 Å². The Balaban J connectivity index is 0.000000128. The molecule has 0 bridgehead atoms. The van der Waals surface area contributed by atoms with Crippen LogP contribution < -0.4 is 5.32 Å². The Morgan fingerprint density at radius 2 is 1.73 bits per heavy atom. The molecule has 0 saturated carbocycles. The highest BCUT2D eigenvalue weighted by Gasteiger charge is 2.17. The molecule has 2 fully saturated rings. The summed E-state index contributed by atoms with van der Waals surface area (Å²) < 4.78 is 0. The van der Waals surface area contributed by atoms with E-state index in [0.717, 1.165) is 19.5 Å². The van der Waals surface area contributed by atoms with Crippen LogP contribution in [0.25, 0.3) is 0 Å². The SMILES string of the molecule is C1CNC1.O=C(O)N1CCC1. The van der Waals surface area contributed by atoms with Gasteiger partial charge in [-0.15, -0.1) is 0 Å². The molecule has 0 aliphatic carbocycles. The van der Waals surface area contributed by atoms with Gasteiger partial charge >= 0.3 is 6.09 Å². The average molecular weight is 158 g/mol. The summed E-state index contributed by atoms with van der Waals surface area (Å²) in [5.74, 6) is 0. The Labute approximate surface area is 66.2 Å². The van der Waals surface area contributed by atoms with Crippen molar-refractivity contribution in [2.75, 3.05) is 26.2 Å². The molecular weight excluding hydrogens is 144 g/mol. The second-order valence-electron chi connectivity index (χ2n) is 2.73. The molecule has 0 unspecified atom stereocenters. The first kappa shape index (κ1) is 8.33. The van der Waals surface area contributed by atoms with E-state index in [1.54, 1.807) is 0 Å². The number of amides is 1. The van der Waals surface area contributed by atoms with Crippen LogP contribution in [0.2, 0.25) is 0 Å². The number of rotatable bonds is 0. The molecule has 0 spiro atoms. The number of hydrogen-bond acceptors (Lipinski definition) is 2. The van der Waals surface area contributed by atoms with Crippen LogP contribution in [0.5, 0.6) is 0 Å². The predicted molar refractivity (Wildman–Crippen MR) is 41.7 cm³/mol. The molecule has 0 atom stereocenters. The van der Waals surface area contributed by atoms with Crippen LogP contribution in [0.1, 0.15) is 12.8 Å². The van der Waals surface area contributed by atoms with E-state index in [9.17, 15) is 4.79 Å². The third-order valence-corrected chi connectivity index (χ3v) is 1.83. The Morgan fingerprint density at radius 1 is 1.27 bits per heavy atom. The Hall–Kier alpha value is -0.770. The molecule has 0 aromatic heterocycles. The monoisotopic (exact) mass is 158 g/mol. The van der Waals surface area contributed by atoms with Crippen molar-refractivity contribution in [2.24, 2.45) is 0 Å². The maximum absolute atomic E-state index is 9.91. The summed E-state index contributed by atoms with van der Waals surface area (Å²) in [5.41, 5.74) is 0. The van der Waals surface area contributed by atoms with Crippen molar-refractivity contribution in [3.05, 3.63) is 0 Å². The van der Waals surface area contributed by atoms with Crippen molar-refractivity contribution < 1.29 is 9.90 Å². The minimum atomic E-state index is -0.786. The Kier molecular flexibility index (Phi) is 3.16. The zero-order valence-corrected chi connectivity index (χ0v) is 6.55. The second-order valence-corrected chi connectivity index (χ2v) is 2.73. The largest absolute Gasteiger partial charge is 0.465 e. The summed E-state index contributed by atoms with van der Waals surface area (Å²) in [4.78, 5) is 11.3. The van der Waals surface area contributed by atoms with E-state index in [1.165, 1.54) is 24.4 Å². The standard InChI is InChI=1S/C4H7NO2.C3H7N/c6-4(7)5-2-1-3-5;1-2-4-3-1/h1-3H2,(H,6,7);4H,1-3H2. The Bertz CT molecular complexity index is 126. The van der Waals surface area contributed by atoms with Crippen LogP contribution in [0, 0.1) is 0 Å². The molecule has 4 heteroatoms. The average Bonchev–Trinajstić information content (AvgIpc) is 1.49. The van der Waals surface area contributed by atoms with Crippen molar-refractivity contribution in [3.8, 4) is 0 Å². The van der Waals surface area contributed by atoms with Crippen LogP contribution in [0.3, 0.4) is 0 Å². The number of carboxylic acid groups (broad SMARTS) is 1. The van der Waals surface area contributed by atoms with Gasteiger partial charge in [-0.1, -0.05) is 0 Å². The molecular formula is C7H14N2O2. The lowest BCUT2D eigenvalue weighted by atomic mass is 10.2. The van der Waals surface area contributed by atoms with Gasteiger partial charge in [0.2, 0.25) is 0 Å². The highest BCUT2D eigenvalue weighted by atomic mass is 16.4. The topological polar surface area (TPSA) is 52.6 Å². The molecule has 2 aliphatic rings. The van der Waals surface area contributed by atoms with E-state index < -0.39 is 6.09 Å². The highest BCUT2D eigenvalue weighted by Crippen LogP contribution is 2.03. The fourth-order valence-electron chi connectivity index (χ4n) is 0.684. The summed E-state index contributed by atoms with van der Waals surface area (Å²) in [6.45, 7) is 3.96. The zero-order chi connectivity index (χ0) is 8.10. The van der Waals surface area contributed by atoms with Gasteiger partial charge in [0.25, 0.3) is 0 Å². The van der Waals surface area contributed by atoms with Gasteiger partial charge < -0.3 is 15.3 Å². The van der Waals surface area contributed by atoms with Gasteiger partial charge in [-0.3, -0.25) is 0 Å². The van der Waals surface area contributed by atoms with Crippen molar-refractivity contribution in [3.63, 3.8) is 0 Å². The smallest absolute Gasteiger partial charge is 0.407 e. The van der Waals surface area contributed by atoms with Crippen LogP contribution in [0.4, 0.5) is 4.79 Å². The van der Waals surface area contributed by atoms with Crippen molar-refractivity contribution in [1.82, 2.24) is 10.2 Å². The van der Waals surface area contributed by atoms with Gasteiger partial charge in [0, 0.05) is 13.1 Å². The molecule has 2 aliphatic heterocycles. The number of nitrogens with one attached hydrogen (secondary N) is 1. The molecule has 2 saturated heterocycles. The van der Waals surface area contributed by atoms with E-state index in [-0.39, 0.29) is 0 Å². The minimum absolute atomic E-state index is 0.731. The Morgan fingerprint density at radius 3 is 1.73 bits per heavy atom. The number of nitrogens with zero attached hydrogens (tertiary/aromatic N) is 1. The van der Waals surface area contributed by atoms with Crippen LogP contribution in [-0.2, 0) is 0 Å². The number of likely N-dealkylation sites (tertiary alicyclic amines) is 1. The maximum atomic E-state index is 9.91. The molecule has 11 heavy (non-hydrogen) atoms. The molecule has 64 valence electrons. The maximum Gasteiger partial charge on any atom is 0.407 e. The molecule has 2 rings (SSSR count). The van der Waals surface area contributed by atoms with Gasteiger partial charge in [-0.2, -0.15) is 0 Å². The van der Waals surface area contributed by atoms with Crippen molar-refractivity contribution >= 4 is 6.09 Å². The first-order chi connectivity index (χ1) is 5.30. The zero-order valence-electron chi connectivity index (χ0n) is 6.55. The molecule has 0 radical (unpaired) electrons. The van der Waals surface area contributed by atoms with Gasteiger partial charge in [0.05, 0.1) is 0 Å². The lowest BCUT2D eigenvalue weighted by Gasteiger charge is -2.27. The first-order valence-electron chi connectivity index (χ1n) is 3.99. The van der Waals surface area contributed by atoms with E-state index >= 15 is 0 Å². The summed E-state index contributed by atoms with van der Waals surface area (Å²) in [7, 11) is 0. The third-order valence-electron chi connectivity index (χ3n) is 1.83. The lowest BCUT2D eigenvalue weighted by molar-refractivity contribution is 0.118. The molecule has 2 N–H and O–H groups in total. The van der Waals surface area contributed by atoms with Crippen LogP contribution >= 0.6 is 0 Å². The quantitative estimate of drug-likeness (QED) is 0.535. The van der Waals surface area contributed by atoms with Crippen molar-refractivity contribution in [1.29, 1.82) is 0 Å². The van der Waals surface area contributed by atoms with Gasteiger partial charge in [0.15, 0.2) is 0 Å². The number of carbonyl (C=O) groups is 1. The number of hydrogen-bond donors (Lipinski definition) is 2. The van der Waals surface area contributed by atoms with E-state index in [4.69, 9.17) is 5.11 Å². The van der Waals surface area contributed by atoms with E-state index in [2.05, 4.69) is 5.32 Å². The predicted octanol–water partition coefficient (Wildman–Crippen LogP) is 0.350. The van der Waals surface area contributed by atoms with Crippen molar-refractivity contribution in [2.45, 2.75) is 12.8 Å². The third kappa shape index (κ3) is 2.76. The van der Waals surface area contributed by atoms with Gasteiger partial charge in [-0.05, 0) is 25.9 Å². The summed E-state index contributed by atoms with van der Waals surface area (Å²) in [6.07, 6.45) is 1.64. The van der Waals surface area contributed by atoms with Gasteiger partial charge in [-0.25, -0.2) is 4.79 Å². The fourth-order valence-corrected chi connectivity index (χ4v) is 0.684. The second kappa shape index (κ2) is 4.18. The van der Waals surface area contributed by atoms with Gasteiger partial charge in [0.1, 0.15) is 0 Å². The summed E-state index contributed by atoms with van der Waals surface area (Å²) in [5, 5.41) is 11.3. The normalized spacial score (nSPS) is 20.5. The molecule has 4 nitrogen and oxygen atoms in total. The molecule has 2 heterocycles. The molecule has 1 amide bonds. The van der Waals surface area contributed by atoms with E-state index in [0.29, 0.717) is 0 Å². The summed E-state index contributed by atoms with van der Waals surface area (Å²) in [6, 6.07) is 0. The fraction of sp³-hybridized carbons (Fsp3) is 0.857. The lowest BCUT2D eigenvalue weighted by Crippen LogP contribution is -2.40. The van der Waals surface area contributed by atoms with Crippen LogP contribution in [-0.4, -0.2) is 42.3 Å². The van der Waals surface area contributed by atoms with Crippen LogP contribution in [0.15, 0.2) is 0 Å². The highest BCUT2D eigenvalue weighted by molar-refractivity contribution is 5.65.